The van der Waals surface area contributed by atoms with Gasteiger partial charge in [0.05, 0.1) is 10.6 Å². The van der Waals surface area contributed by atoms with Crippen molar-refractivity contribution in [2.45, 2.75) is 64.1 Å². The van der Waals surface area contributed by atoms with Crippen molar-refractivity contribution in [3.63, 3.8) is 0 Å². The van der Waals surface area contributed by atoms with Gasteiger partial charge in [-0.15, -0.1) is 0 Å². The highest BCUT2D eigenvalue weighted by Crippen LogP contribution is 2.34. The first kappa shape index (κ1) is 31.8. The average Bonchev–Trinajstić information content (AvgIpc) is 2.96. The number of nitrogens with zero attached hydrogens (tertiary/aromatic N) is 2. The molecule has 0 spiro atoms. The standard InChI is InChI=1S/C32H38FN3O6S/c1-6-27(31(38)34-32(3,4)5)35(20-23-10-8-7-9-22(23)2)30(37)21-36(25-13-11-24(33)12-14-25)43(39,40)26-15-16-28-29(19-26)42-18-17-41-28/h7-16,19,27H,6,17-18,20-21H2,1-5H3,(H,34,38)/t27-/m1/s1. The molecule has 0 saturated heterocycles. The summed E-state index contributed by atoms with van der Waals surface area (Å²) in [5.41, 5.74) is 1.28. The molecule has 2 amide bonds. The van der Waals surface area contributed by atoms with Crippen LogP contribution in [0.1, 0.15) is 45.2 Å². The average molecular weight is 612 g/mol. The number of carbonyl (C=O) groups is 2. The van der Waals surface area contributed by atoms with Gasteiger partial charge in [-0.25, -0.2) is 12.8 Å². The zero-order chi connectivity index (χ0) is 31.4. The van der Waals surface area contributed by atoms with Gasteiger partial charge >= 0.3 is 0 Å². The van der Waals surface area contributed by atoms with E-state index >= 15 is 0 Å². The molecule has 0 aromatic heterocycles. The van der Waals surface area contributed by atoms with Crippen LogP contribution in [0.5, 0.6) is 11.5 Å². The number of sulfonamides is 1. The lowest BCUT2D eigenvalue weighted by molar-refractivity contribution is -0.141. The summed E-state index contributed by atoms with van der Waals surface area (Å²) in [6.07, 6.45) is 0.297. The third-order valence-electron chi connectivity index (χ3n) is 6.98. The Kier molecular flexibility index (Phi) is 9.64. The monoisotopic (exact) mass is 611 g/mol. The van der Waals surface area contributed by atoms with Crippen molar-refractivity contribution in [3.05, 3.63) is 83.7 Å². The molecule has 11 heteroatoms. The molecule has 1 atom stereocenters. The van der Waals surface area contributed by atoms with Crippen LogP contribution in [0.15, 0.2) is 71.6 Å². The molecule has 0 fully saturated rings. The van der Waals surface area contributed by atoms with Crippen LogP contribution in [0.2, 0.25) is 0 Å². The zero-order valence-electron chi connectivity index (χ0n) is 25.1. The predicted octanol–water partition coefficient (Wildman–Crippen LogP) is 4.82. The lowest BCUT2D eigenvalue weighted by Crippen LogP contribution is -2.55. The molecule has 9 nitrogen and oxygen atoms in total. The van der Waals surface area contributed by atoms with E-state index < -0.39 is 39.9 Å². The Balaban J connectivity index is 1.76. The van der Waals surface area contributed by atoms with Gasteiger partial charge in [-0.1, -0.05) is 31.2 Å². The summed E-state index contributed by atoms with van der Waals surface area (Å²) in [5, 5.41) is 2.95. The lowest BCUT2D eigenvalue weighted by Gasteiger charge is -2.35. The molecule has 0 aliphatic carbocycles. The van der Waals surface area contributed by atoms with Crippen molar-refractivity contribution in [1.29, 1.82) is 0 Å². The summed E-state index contributed by atoms with van der Waals surface area (Å²) in [6, 6.07) is 15.7. The van der Waals surface area contributed by atoms with E-state index in [1.165, 1.54) is 35.2 Å². The Hall–Kier alpha value is -4.12. The van der Waals surface area contributed by atoms with Gasteiger partial charge in [-0.05, 0) is 81.6 Å². The van der Waals surface area contributed by atoms with Crippen LogP contribution in [0, 0.1) is 12.7 Å². The molecule has 43 heavy (non-hydrogen) atoms. The minimum absolute atomic E-state index is 0.0862. The van der Waals surface area contributed by atoms with Gasteiger partial charge in [0.15, 0.2) is 11.5 Å². The first-order chi connectivity index (χ1) is 20.3. The number of anilines is 1. The molecule has 1 heterocycles. The number of benzene rings is 3. The molecular weight excluding hydrogens is 573 g/mol. The van der Waals surface area contributed by atoms with Gasteiger partial charge < -0.3 is 19.7 Å². The molecule has 1 aliphatic heterocycles. The Morgan fingerprint density at radius 3 is 2.26 bits per heavy atom. The quantitative estimate of drug-likeness (QED) is 0.353. The van der Waals surface area contributed by atoms with Crippen LogP contribution in [-0.2, 0) is 26.2 Å². The molecule has 0 bridgehead atoms. The van der Waals surface area contributed by atoms with Crippen molar-refractivity contribution in [1.82, 2.24) is 10.2 Å². The van der Waals surface area contributed by atoms with Gasteiger partial charge in [-0.3, -0.25) is 13.9 Å². The summed E-state index contributed by atoms with van der Waals surface area (Å²) < 4.78 is 54.2. The van der Waals surface area contributed by atoms with Gasteiger partial charge in [0.25, 0.3) is 10.0 Å². The molecule has 0 saturated carbocycles. The van der Waals surface area contributed by atoms with Gasteiger partial charge in [-0.2, -0.15) is 0 Å². The number of ether oxygens (including phenoxy) is 2. The van der Waals surface area contributed by atoms with E-state index in [4.69, 9.17) is 9.47 Å². The number of hydrogen-bond donors (Lipinski definition) is 1. The SMILES string of the molecule is CC[C@H](C(=O)NC(C)(C)C)N(Cc1ccccc1C)C(=O)CN(c1ccc(F)cc1)S(=O)(=O)c1ccc2c(c1)OCCO2. The minimum atomic E-state index is -4.36. The van der Waals surface area contributed by atoms with Crippen molar-refractivity contribution in [3.8, 4) is 11.5 Å². The first-order valence-corrected chi connectivity index (χ1v) is 15.6. The van der Waals surface area contributed by atoms with Crippen LogP contribution in [0.25, 0.3) is 0 Å². The number of aryl methyl sites for hydroxylation is 1. The second kappa shape index (κ2) is 13.0. The normalized spacial score (nSPS) is 13.6. The molecule has 1 aliphatic rings. The van der Waals surface area contributed by atoms with Gasteiger partial charge in [0.1, 0.15) is 31.6 Å². The number of nitrogens with one attached hydrogen (secondary N) is 1. The van der Waals surface area contributed by atoms with E-state index in [9.17, 15) is 22.4 Å². The smallest absolute Gasteiger partial charge is 0.264 e. The fourth-order valence-corrected chi connectivity index (χ4v) is 6.22. The Labute approximate surface area is 252 Å². The molecule has 1 N–H and O–H groups in total. The summed E-state index contributed by atoms with van der Waals surface area (Å²) in [6.45, 7) is 9.31. The minimum Gasteiger partial charge on any atom is -0.486 e. The second-order valence-electron chi connectivity index (χ2n) is 11.4. The highest BCUT2D eigenvalue weighted by atomic mass is 32.2. The fraction of sp³-hybridized carbons (Fsp3) is 0.375. The number of hydrogen-bond acceptors (Lipinski definition) is 6. The highest BCUT2D eigenvalue weighted by Gasteiger charge is 2.35. The van der Waals surface area contributed by atoms with E-state index in [0.717, 1.165) is 27.6 Å². The number of halogens is 1. The fourth-order valence-electron chi connectivity index (χ4n) is 4.79. The van der Waals surface area contributed by atoms with Crippen molar-refractivity contribution >= 4 is 27.5 Å². The maximum Gasteiger partial charge on any atom is 0.264 e. The van der Waals surface area contributed by atoms with Crippen LogP contribution in [0.3, 0.4) is 0 Å². The van der Waals surface area contributed by atoms with Crippen LogP contribution >= 0.6 is 0 Å². The van der Waals surface area contributed by atoms with Crippen molar-refractivity contribution in [2.24, 2.45) is 0 Å². The summed E-state index contributed by atoms with van der Waals surface area (Å²) in [4.78, 5) is 29.0. The maximum absolute atomic E-state index is 14.2. The third kappa shape index (κ3) is 7.64. The molecule has 0 radical (unpaired) electrons. The molecule has 0 unspecified atom stereocenters. The number of amides is 2. The van der Waals surface area contributed by atoms with Crippen molar-refractivity contribution in [2.75, 3.05) is 24.1 Å². The zero-order valence-corrected chi connectivity index (χ0v) is 25.9. The Morgan fingerprint density at radius 2 is 1.63 bits per heavy atom. The van der Waals surface area contributed by atoms with Gasteiger partial charge in [0.2, 0.25) is 11.8 Å². The van der Waals surface area contributed by atoms with Crippen molar-refractivity contribution < 1.29 is 31.9 Å². The molecule has 4 rings (SSSR count). The van der Waals surface area contributed by atoms with Gasteiger partial charge in [0, 0.05) is 18.2 Å². The third-order valence-corrected chi connectivity index (χ3v) is 8.75. The summed E-state index contributed by atoms with van der Waals surface area (Å²) in [5.74, 6) is -0.819. The summed E-state index contributed by atoms with van der Waals surface area (Å²) in [7, 11) is -4.36. The van der Waals surface area contributed by atoms with Crippen LogP contribution in [0.4, 0.5) is 10.1 Å². The van der Waals surface area contributed by atoms with Crippen LogP contribution in [-0.4, -0.2) is 56.5 Å². The van der Waals surface area contributed by atoms with E-state index in [2.05, 4.69) is 5.32 Å². The second-order valence-corrected chi connectivity index (χ2v) is 13.3. The van der Waals surface area contributed by atoms with E-state index in [-0.39, 0.29) is 35.4 Å². The Morgan fingerprint density at radius 1 is 0.977 bits per heavy atom. The van der Waals surface area contributed by atoms with Crippen LogP contribution < -0.4 is 19.1 Å². The van der Waals surface area contributed by atoms with E-state index in [0.29, 0.717) is 18.8 Å². The highest BCUT2D eigenvalue weighted by molar-refractivity contribution is 7.92. The maximum atomic E-state index is 14.2. The molecule has 3 aromatic carbocycles. The largest absolute Gasteiger partial charge is 0.486 e. The molecule has 230 valence electrons. The Bertz CT molecular complexity index is 1570. The van der Waals surface area contributed by atoms with E-state index in [1.807, 2.05) is 52.0 Å². The van der Waals surface area contributed by atoms with E-state index in [1.54, 1.807) is 6.92 Å². The number of fused-ring (bicyclic) bond motifs is 1. The summed E-state index contributed by atoms with van der Waals surface area (Å²) >= 11 is 0. The first-order valence-electron chi connectivity index (χ1n) is 14.1. The molecular formula is C32H38FN3O6S. The number of carbonyl (C=O) groups excluding carboxylic acids is 2. The predicted molar refractivity (Wildman–Crippen MR) is 162 cm³/mol. The topological polar surface area (TPSA) is 105 Å². The number of rotatable bonds is 10. The molecule has 3 aromatic rings. The lowest BCUT2D eigenvalue weighted by atomic mass is 10.0.